The van der Waals surface area contributed by atoms with E-state index in [0.29, 0.717) is 12.6 Å². The van der Waals surface area contributed by atoms with Crippen LogP contribution in [0.4, 0.5) is 4.39 Å². The molecule has 2 rings (SSSR count). The number of hydrogen-bond acceptors (Lipinski definition) is 2. The average Bonchev–Trinajstić information content (AvgIpc) is 2.05. The Kier molecular flexibility index (Phi) is 2.57. The summed E-state index contributed by atoms with van der Waals surface area (Å²) in [5, 5.41) is 6.43. The molecule has 13 heavy (non-hydrogen) atoms. The second kappa shape index (κ2) is 3.85. The highest BCUT2D eigenvalue weighted by atomic mass is 19.1. The van der Waals surface area contributed by atoms with E-state index in [1.165, 1.54) is 6.07 Å². The van der Waals surface area contributed by atoms with Gasteiger partial charge in [0.1, 0.15) is 5.82 Å². The van der Waals surface area contributed by atoms with Crippen molar-refractivity contribution in [1.29, 1.82) is 0 Å². The van der Waals surface area contributed by atoms with Gasteiger partial charge in [-0.05, 0) is 6.07 Å². The van der Waals surface area contributed by atoms with Gasteiger partial charge in [0.05, 0.1) is 0 Å². The summed E-state index contributed by atoms with van der Waals surface area (Å²) in [6.45, 7) is 2.61. The third-order valence-electron chi connectivity index (χ3n) is 2.32. The van der Waals surface area contributed by atoms with Gasteiger partial charge in [-0.15, -0.1) is 0 Å². The van der Waals surface area contributed by atoms with Crippen LogP contribution >= 0.6 is 0 Å². The number of nitrogens with one attached hydrogen (secondary N) is 2. The maximum atomic E-state index is 13.1. The molecule has 0 aliphatic carbocycles. The van der Waals surface area contributed by atoms with Crippen molar-refractivity contribution >= 4 is 0 Å². The van der Waals surface area contributed by atoms with Crippen molar-refractivity contribution in [1.82, 2.24) is 10.6 Å². The van der Waals surface area contributed by atoms with Crippen LogP contribution in [0.1, 0.15) is 5.56 Å². The largest absolute Gasteiger partial charge is 0.314 e. The first-order valence-electron chi connectivity index (χ1n) is 4.54. The minimum atomic E-state index is -0.123. The van der Waals surface area contributed by atoms with Crippen molar-refractivity contribution in [3.8, 4) is 0 Å². The van der Waals surface area contributed by atoms with Crippen LogP contribution in [0.2, 0.25) is 0 Å². The van der Waals surface area contributed by atoms with Crippen LogP contribution in [0.15, 0.2) is 24.3 Å². The van der Waals surface area contributed by atoms with E-state index in [1.54, 1.807) is 6.07 Å². The van der Waals surface area contributed by atoms with E-state index < -0.39 is 0 Å². The highest BCUT2D eigenvalue weighted by Gasteiger charge is 2.15. The van der Waals surface area contributed by atoms with Crippen molar-refractivity contribution in [2.24, 2.45) is 0 Å². The molecule has 1 saturated heterocycles. The van der Waals surface area contributed by atoms with E-state index in [2.05, 4.69) is 10.6 Å². The maximum absolute atomic E-state index is 13.1. The molecule has 1 aromatic carbocycles. The lowest BCUT2D eigenvalue weighted by Gasteiger charge is -2.28. The van der Waals surface area contributed by atoms with Gasteiger partial charge in [0.2, 0.25) is 0 Å². The van der Waals surface area contributed by atoms with E-state index in [-0.39, 0.29) is 5.82 Å². The Morgan fingerprint density at radius 2 is 2.15 bits per heavy atom. The van der Waals surface area contributed by atoms with E-state index in [4.69, 9.17) is 0 Å². The van der Waals surface area contributed by atoms with Gasteiger partial charge in [0.15, 0.2) is 0 Å². The monoisotopic (exact) mass is 180 g/mol. The molecular weight excluding hydrogens is 167 g/mol. The Bertz CT molecular complexity index is 284. The Labute approximate surface area is 77.2 Å². The topological polar surface area (TPSA) is 24.1 Å². The third-order valence-corrected chi connectivity index (χ3v) is 2.32. The number of hydrogen-bond donors (Lipinski definition) is 2. The average molecular weight is 180 g/mol. The highest BCUT2D eigenvalue weighted by Crippen LogP contribution is 2.06. The standard InChI is InChI=1S/C10H13FN2/c11-10-4-2-1-3-8(10)5-13-9-6-12-7-9/h1-4,9,12-13H,5-7H2. The molecule has 0 aromatic heterocycles. The van der Waals surface area contributed by atoms with Crippen LogP contribution < -0.4 is 10.6 Å². The molecule has 2 N–H and O–H groups in total. The van der Waals surface area contributed by atoms with Crippen LogP contribution in [-0.4, -0.2) is 19.1 Å². The van der Waals surface area contributed by atoms with E-state index in [9.17, 15) is 4.39 Å². The van der Waals surface area contributed by atoms with Gasteiger partial charge in [-0.3, -0.25) is 0 Å². The Balaban J connectivity index is 1.89. The Hall–Kier alpha value is -0.930. The predicted octanol–water partition coefficient (Wildman–Crippen LogP) is 0.887. The molecule has 0 atom stereocenters. The molecule has 0 amide bonds. The molecule has 1 aromatic rings. The quantitative estimate of drug-likeness (QED) is 0.721. The van der Waals surface area contributed by atoms with Gasteiger partial charge in [-0.1, -0.05) is 18.2 Å². The summed E-state index contributed by atoms with van der Waals surface area (Å²) in [6, 6.07) is 7.40. The van der Waals surface area contributed by atoms with E-state index >= 15 is 0 Å². The molecule has 1 heterocycles. The summed E-state index contributed by atoms with van der Waals surface area (Å²) in [7, 11) is 0. The number of rotatable bonds is 3. The molecule has 0 spiro atoms. The summed E-state index contributed by atoms with van der Waals surface area (Å²) < 4.78 is 13.1. The Morgan fingerprint density at radius 3 is 2.77 bits per heavy atom. The molecule has 70 valence electrons. The normalized spacial score (nSPS) is 17.0. The molecule has 0 radical (unpaired) electrons. The molecule has 0 bridgehead atoms. The van der Waals surface area contributed by atoms with Crippen LogP contribution in [-0.2, 0) is 6.54 Å². The lowest BCUT2D eigenvalue weighted by Crippen LogP contribution is -2.55. The van der Waals surface area contributed by atoms with Crippen molar-refractivity contribution in [2.75, 3.05) is 13.1 Å². The van der Waals surface area contributed by atoms with Crippen LogP contribution in [0.25, 0.3) is 0 Å². The zero-order valence-corrected chi connectivity index (χ0v) is 7.39. The lowest BCUT2D eigenvalue weighted by atomic mass is 10.1. The summed E-state index contributed by atoms with van der Waals surface area (Å²) >= 11 is 0. The van der Waals surface area contributed by atoms with Gasteiger partial charge < -0.3 is 10.6 Å². The van der Waals surface area contributed by atoms with Crippen molar-refractivity contribution in [2.45, 2.75) is 12.6 Å². The minimum Gasteiger partial charge on any atom is -0.314 e. The van der Waals surface area contributed by atoms with Crippen LogP contribution in [0, 0.1) is 5.82 Å². The summed E-state index contributed by atoms with van der Waals surface area (Å²) in [4.78, 5) is 0. The van der Waals surface area contributed by atoms with E-state index in [0.717, 1.165) is 18.7 Å². The highest BCUT2D eigenvalue weighted by molar-refractivity contribution is 5.17. The van der Waals surface area contributed by atoms with Gasteiger partial charge in [0, 0.05) is 31.2 Å². The minimum absolute atomic E-state index is 0.123. The first-order valence-corrected chi connectivity index (χ1v) is 4.54. The van der Waals surface area contributed by atoms with Gasteiger partial charge in [0.25, 0.3) is 0 Å². The summed E-state index contributed by atoms with van der Waals surface area (Å²) in [5.74, 6) is -0.123. The van der Waals surface area contributed by atoms with Gasteiger partial charge in [-0.25, -0.2) is 4.39 Å². The van der Waals surface area contributed by atoms with Crippen LogP contribution in [0.3, 0.4) is 0 Å². The lowest BCUT2D eigenvalue weighted by molar-refractivity contribution is 0.363. The molecular formula is C10H13FN2. The molecule has 0 unspecified atom stereocenters. The number of halogens is 1. The van der Waals surface area contributed by atoms with Gasteiger partial charge >= 0.3 is 0 Å². The molecule has 1 aliphatic heterocycles. The molecule has 2 nitrogen and oxygen atoms in total. The number of benzene rings is 1. The SMILES string of the molecule is Fc1ccccc1CNC1CNC1. The Morgan fingerprint density at radius 1 is 1.38 bits per heavy atom. The molecule has 1 fully saturated rings. The first-order chi connectivity index (χ1) is 6.36. The first kappa shape index (κ1) is 8.66. The third kappa shape index (κ3) is 2.05. The van der Waals surface area contributed by atoms with Crippen molar-refractivity contribution in [3.63, 3.8) is 0 Å². The summed E-state index contributed by atoms with van der Waals surface area (Å²) in [6.07, 6.45) is 0. The van der Waals surface area contributed by atoms with Gasteiger partial charge in [-0.2, -0.15) is 0 Å². The zero-order chi connectivity index (χ0) is 9.10. The van der Waals surface area contributed by atoms with Crippen molar-refractivity contribution < 1.29 is 4.39 Å². The van der Waals surface area contributed by atoms with Crippen LogP contribution in [0.5, 0.6) is 0 Å². The van der Waals surface area contributed by atoms with E-state index in [1.807, 2.05) is 12.1 Å². The fourth-order valence-electron chi connectivity index (χ4n) is 1.33. The summed E-state index contributed by atoms with van der Waals surface area (Å²) in [5.41, 5.74) is 0.745. The van der Waals surface area contributed by atoms with Crippen molar-refractivity contribution in [3.05, 3.63) is 35.6 Å². The zero-order valence-electron chi connectivity index (χ0n) is 7.39. The molecule has 3 heteroatoms. The smallest absolute Gasteiger partial charge is 0.127 e. The molecule has 1 aliphatic rings. The predicted molar refractivity (Wildman–Crippen MR) is 49.9 cm³/mol. The second-order valence-corrected chi connectivity index (χ2v) is 3.33. The fraction of sp³-hybridized carbons (Fsp3) is 0.400. The second-order valence-electron chi connectivity index (χ2n) is 3.33. The maximum Gasteiger partial charge on any atom is 0.127 e. The molecule has 0 saturated carbocycles. The fourth-order valence-corrected chi connectivity index (χ4v) is 1.33.